The fraction of sp³-hybridized carbons (Fsp3) is 0.556. The van der Waals surface area contributed by atoms with E-state index >= 15 is 0 Å². The normalized spacial score (nSPS) is 19.3. The second-order valence-corrected chi connectivity index (χ2v) is 6.52. The molecule has 1 atom stereocenters. The predicted octanol–water partition coefficient (Wildman–Crippen LogP) is 3.04. The van der Waals surface area contributed by atoms with Gasteiger partial charge in [-0.3, -0.25) is 9.88 Å². The fourth-order valence-corrected chi connectivity index (χ4v) is 3.13. The van der Waals surface area contributed by atoms with E-state index in [0.29, 0.717) is 18.8 Å². The molecule has 0 saturated carbocycles. The van der Waals surface area contributed by atoms with Crippen LogP contribution >= 0.6 is 0 Å². The molecule has 0 spiro atoms. The molecule has 0 bridgehead atoms. The van der Waals surface area contributed by atoms with Crippen molar-refractivity contribution in [3.05, 3.63) is 48.3 Å². The fourth-order valence-electron chi connectivity index (χ4n) is 3.13. The number of rotatable bonds is 6. The lowest BCUT2D eigenvalue weighted by Crippen LogP contribution is -2.39. The third-order valence-corrected chi connectivity index (χ3v) is 4.34. The van der Waals surface area contributed by atoms with Gasteiger partial charge >= 0.3 is 0 Å². The molecule has 0 aliphatic carbocycles. The molecule has 5 heteroatoms. The number of hydrogen-bond acceptors (Lipinski definition) is 4. The van der Waals surface area contributed by atoms with Crippen molar-refractivity contribution in [2.45, 2.75) is 52.0 Å². The van der Waals surface area contributed by atoms with Crippen molar-refractivity contribution in [3.8, 4) is 0 Å². The third-order valence-electron chi connectivity index (χ3n) is 4.34. The van der Waals surface area contributed by atoms with Crippen LogP contribution in [0.1, 0.15) is 44.1 Å². The molecule has 23 heavy (non-hydrogen) atoms. The molecule has 3 rings (SSSR count). The molecule has 1 saturated heterocycles. The van der Waals surface area contributed by atoms with Gasteiger partial charge in [0.05, 0.1) is 19.3 Å². The van der Waals surface area contributed by atoms with Crippen molar-refractivity contribution in [1.29, 1.82) is 0 Å². The molecule has 3 heterocycles. The lowest BCUT2D eigenvalue weighted by atomic mass is 10.1. The number of nitrogens with zero attached hydrogens (tertiary/aromatic N) is 4. The van der Waals surface area contributed by atoms with E-state index in [-0.39, 0.29) is 0 Å². The molecule has 1 fully saturated rings. The SMILES string of the molecule is CC(C)n1ccnc1CN1CCC[C@H](OCc2cccnc2)C1. The quantitative estimate of drug-likeness (QED) is 0.822. The highest BCUT2D eigenvalue weighted by molar-refractivity contribution is 5.06. The number of ether oxygens (including phenoxy) is 1. The summed E-state index contributed by atoms with van der Waals surface area (Å²) in [5.41, 5.74) is 1.14. The molecular weight excluding hydrogens is 288 g/mol. The van der Waals surface area contributed by atoms with Gasteiger partial charge in [-0.15, -0.1) is 0 Å². The van der Waals surface area contributed by atoms with Crippen LogP contribution in [-0.2, 0) is 17.9 Å². The topological polar surface area (TPSA) is 43.2 Å². The Hall–Kier alpha value is -1.72. The first-order chi connectivity index (χ1) is 11.2. The zero-order valence-corrected chi connectivity index (χ0v) is 14.1. The maximum absolute atomic E-state index is 6.09. The molecule has 2 aromatic rings. The Morgan fingerprint density at radius 1 is 1.35 bits per heavy atom. The summed E-state index contributed by atoms with van der Waals surface area (Å²) in [5.74, 6) is 1.15. The second kappa shape index (κ2) is 7.70. The molecule has 1 aliphatic heterocycles. The van der Waals surface area contributed by atoms with Gasteiger partial charge in [-0.25, -0.2) is 4.98 Å². The molecule has 0 N–H and O–H groups in total. The van der Waals surface area contributed by atoms with Gasteiger partial charge in [0.25, 0.3) is 0 Å². The smallest absolute Gasteiger partial charge is 0.123 e. The molecule has 124 valence electrons. The Bertz CT molecular complexity index is 596. The molecule has 1 aliphatic rings. The maximum Gasteiger partial charge on any atom is 0.123 e. The van der Waals surface area contributed by atoms with E-state index in [9.17, 15) is 0 Å². The average molecular weight is 314 g/mol. The van der Waals surface area contributed by atoms with E-state index in [1.54, 1.807) is 6.20 Å². The number of hydrogen-bond donors (Lipinski definition) is 0. The van der Waals surface area contributed by atoms with E-state index in [1.165, 1.54) is 6.42 Å². The van der Waals surface area contributed by atoms with Gasteiger partial charge in [-0.1, -0.05) is 6.07 Å². The summed E-state index contributed by atoms with van der Waals surface area (Å²) in [4.78, 5) is 11.1. The average Bonchev–Trinajstić information content (AvgIpc) is 3.03. The summed E-state index contributed by atoms with van der Waals surface area (Å²) in [6, 6.07) is 4.47. The van der Waals surface area contributed by atoms with Gasteiger partial charge in [0.2, 0.25) is 0 Å². The highest BCUT2D eigenvalue weighted by Gasteiger charge is 2.22. The molecule has 2 aromatic heterocycles. The number of pyridine rings is 1. The first kappa shape index (κ1) is 16.1. The summed E-state index contributed by atoms with van der Waals surface area (Å²) in [5, 5.41) is 0. The Kier molecular flexibility index (Phi) is 5.41. The number of likely N-dealkylation sites (tertiary alicyclic amines) is 1. The van der Waals surface area contributed by atoms with E-state index < -0.39 is 0 Å². The van der Waals surface area contributed by atoms with Gasteiger partial charge in [-0.05, 0) is 44.9 Å². The number of aromatic nitrogens is 3. The minimum absolute atomic E-state index is 0.298. The van der Waals surface area contributed by atoms with Gasteiger partial charge in [0.1, 0.15) is 5.82 Å². The molecule has 5 nitrogen and oxygen atoms in total. The molecular formula is C18H26N4O. The standard InChI is InChI=1S/C18H26N4O/c1-15(2)22-10-8-20-18(22)13-21-9-4-6-17(12-21)23-14-16-5-3-7-19-11-16/h3,5,7-8,10-11,15,17H,4,6,9,12-14H2,1-2H3/t17-/m0/s1. The van der Waals surface area contributed by atoms with Crippen molar-refractivity contribution < 1.29 is 4.74 Å². The summed E-state index contributed by atoms with van der Waals surface area (Å²) in [6.45, 7) is 8.04. The van der Waals surface area contributed by atoms with E-state index in [4.69, 9.17) is 4.74 Å². The van der Waals surface area contributed by atoms with Gasteiger partial charge in [0.15, 0.2) is 0 Å². The van der Waals surface area contributed by atoms with Crippen LogP contribution in [0.15, 0.2) is 36.9 Å². The molecule has 0 unspecified atom stereocenters. The van der Waals surface area contributed by atoms with Crippen molar-refractivity contribution in [3.63, 3.8) is 0 Å². The highest BCUT2D eigenvalue weighted by Crippen LogP contribution is 2.18. The van der Waals surface area contributed by atoms with Crippen LogP contribution < -0.4 is 0 Å². The summed E-state index contributed by atoms with van der Waals surface area (Å²) < 4.78 is 8.34. The number of imidazole rings is 1. The minimum Gasteiger partial charge on any atom is -0.372 e. The van der Waals surface area contributed by atoms with Crippen LogP contribution in [0, 0.1) is 0 Å². The summed E-state index contributed by atoms with van der Waals surface area (Å²) in [6.07, 6.45) is 10.3. The van der Waals surface area contributed by atoms with Crippen LogP contribution in [0.4, 0.5) is 0 Å². The van der Waals surface area contributed by atoms with Gasteiger partial charge in [-0.2, -0.15) is 0 Å². The van der Waals surface area contributed by atoms with Crippen molar-refractivity contribution in [2.75, 3.05) is 13.1 Å². The zero-order chi connectivity index (χ0) is 16.1. The first-order valence-corrected chi connectivity index (χ1v) is 8.47. The summed E-state index contributed by atoms with van der Waals surface area (Å²) in [7, 11) is 0. The van der Waals surface area contributed by atoms with Crippen LogP contribution in [-0.4, -0.2) is 38.6 Å². The molecule has 0 aromatic carbocycles. The number of piperidine rings is 1. The third kappa shape index (κ3) is 4.39. The minimum atomic E-state index is 0.298. The Morgan fingerprint density at radius 3 is 3.04 bits per heavy atom. The van der Waals surface area contributed by atoms with E-state index in [0.717, 1.165) is 37.4 Å². The van der Waals surface area contributed by atoms with Crippen molar-refractivity contribution >= 4 is 0 Å². The molecule has 0 radical (unpaired) electrons. The van der Waals surface area contributed by atoms with E-state index in [1.807, 2.05) is 18.5 Å². The highest BCUT2D eigenvalue weighted by atomic mass is 16.5. The monoisotopic (exact) mass is 314 g/mol. The lowest BCUT2D eigenvalue weighted by Gasteiger charge is -2.32. The molecule has 0 amide bonds. The van der Waals surface area contributed by atoms with E-state index in [2.05, 4.69) is 45.5 Å². The van der Waals surface area contributed by atoms with Crippen molar-refractivity contribution in [2.24, 2.45) is 0 Å². The van der Waals surface area contributed by atoms with Crippen LogP contribution in [0.2, 0.25) is 0 Å². The van der Waals surface area contributed by atoms with Gasteiger partial charge < -0.3 is 9.30 Å². The zero-order valence-electron chi connectivity index (χ0n) is 14.1. The van der Waals surface area contributed by atoms with Crippen LogP contribution in [0.3, 0.4) is 0 Å². The lowest BCUT2D eigenvalue weighted by molar-refractivity contribution is -0.0129. The van der Waals surface area contributed by atoms with Gasteiger partial charge in [0, 0.05) is 37.4 Å². The Labute approximate surface area is 138 Å². The Morgan fingerprint density at radius 2 is 2.26 bits per heavy atom. The maximum atomic E-state index is 6.09. The largest absolute Gasteiger partial charge is 0.372 e. The van der Waals surface area contributed by atoms with Crippen molar-refractivity contribution in [1.82, 2.24) is 19.4 Å². The predicted molar refractivity (Wildman–Crippen MR) is 89.9 cm³/mol. The second-order valence-electron chi connectivity index (χ2n) is 6.52. The Balaban J connectivity index is 1.53. The van der Waals surface area contributed by atoms with Crippen LogP contribution in [0.5, 0.6) is 0 Å². The van der Waals surface area contributed by atoms with Crippen LogP contribution in [0.25, 0.3) is 0 Å². The first-order valence-electron chi connectivity index (χ1n) is 8.47. The summed E-state index contributed by atoms with van der Waals surface area (Å²) >= 11 is 0.